The van der Waals surface area contributed by atoms with Gasteiger partial charge in [-0.05, 0) is 42.3 Å². The Labute approximate surface area is 225 Å². The summed E-state index contributed by atoms with van der Waals surface area (Å²) in [5.41, 5.74) is 6.03. The second kappa shape index (κ2) is 12.3. The van der Waals surface area contributed by atoms with Crippen LogP contribution in [0.2, 0.25) is 0 Å². The Morgan fingerprint density at radius 1 is 0.842 bits per heavy atom. The second-order valence-corrected chi connectivity index (χ2v) is 9.87. The second-order valence-electron chi connectivity index (χ2n) is 9.87. The molecule has 2 aliphatic heterocycles. The van der Waals surface area contributed by atoms with E-state index in [1.165, 1.54) is 0 Å². The molecule has 0 spiro atoms. The normalized spacial score (nSPS) is 16.7. The van der Waals surface area contributed by atoms with Crippen LogP contribution >= 0.6 is 0 Å². The predicted molar refractivity (Wildman–Crippen MR) is 152 cm³/mol. The van der Waals surface area contributed by atoms with Crippen molar-refractivity contribution < 1.29 is 4.79 Å². The minimum atomic E-state index is 0.0375. The van der Waals surface area contributed by atoms with Crippen LogP contribution in [0.4, 0.5) is 11.4 Å². The van der Waals surface area contributed by atoms with E-state index in [2.05, 4.69) is 41.2 Å². The Morgan fingerprint density at radius 2 is 1.39 bits per heavy atom. The number of anilines is 2. The van der Waals surface area contributed by atoms with Crippen LogP contribution in [0.25, 0.3) is 0 Å². The van der Waals surface area contributed by atoms with Gasteiger partial charge < -0.3 is 14.7 Å². The zero-order chi connectivity index (χ0) is 27.1. The van der Waals surface area contributed by atoms with Crippen LogP contribution in [-0.4, -0.2) is 74.6 Å². The molecule has 7 nitrogen and oxygen atoms in total. The fraction of sp³-hybridized carbons (Fsp3) is 0.323. The molecule has 2 fully saturated rings. The van der Waals surface area contributed by atoms with E-state index in [1.54, 1.807) is 6.07 Å². The number of para-hydroxylation sites is 2. The average Bonchev–Trinajstić information content (AvgIpc) is 2.94. The van der Waals surface area contributed by atoms with Gasteiger partial charge in [-0.3, -0.25) is 9.69 Å². The van der Waals surface area contributed by atoms with E-state index >= 15 is 0 Å². The maximum absolute atomic E-state index is 13.0. The Kier molecular flexibility index (Phi) is 8.63. The summed E-state index contributed by atoms with van der Waals surface area (Å²) in [7, 11) is 0. The SMILES string of the molecule is C=C(/C=C(/CN1CCN(c2ccccc2C#N)CC1=O)C(=C)C)CN1CCN(c2ccccc2C#N)CC1. The van der Waals surface area contributed by atoms with Gasteiger partial charge in [-0.25, -0.2) is 0 Å². The molecule has 0 unspecified atom stereocenters. The summed E-state index contributed by atoms with van der Waals surface area (Å²) >= 11 is 0. The van der Waals surface area contributed by atoms with E-state index in [1.807, 2.05) is 59.2 Å². The molecule has 194 valence electrons. The maximum atomic E-state index is 13.0. The molecule has 0 atom stereocenters. The number of carbonyl (C=O) groups excluding carboxylic acids is 1. The first kappa shape index (κ1) is 26.7. The standard InChI is InChI=1S/C31H34N6O/c1-24(2)28(22-37-17-16-36(23-31(37)38)30-11-7-5-9-27(30)20-33)18-25(3)21-34-12-14-35(15-13-34)29-10-6-4-8-26(29)19-32/h4-11,18H,1,3,12-17,21-23H2,2H3/b28-18-. The summed E-state index contributed by atoms with van der Waals surface area (Å²) in [5.74, 6) is 0.0375. The first-order chi connectivity index (χ1) is 18.4. The van der Waals surface area contributed by atoms with Crippen molar-refractivity contribution in [2.45, 2.75) is 6.92 Å². The summed E-state index contributed by atoms with van der Waals surface area (Å²) in [4.78, 5) is 21.5. The number of rotatable bonds is 8. The Balaban J connectivity index is 1.32. The Hall–Kier alpha value is -4.33. The van der Waals surface area contributed by atoms with Crippen LogP contribution in [0.3, 0.4) is 0 Å². The largest absolute Gasteiger partial charge is 0.368 e. The van der Waals surface area contributed by atoms with Gasteiger partial charge in [0, 0.05) is 52.4 Å². The lowest BCUT2D eigenvalue weighted by Crippen LogP contribution is -2.51. The van der Waals surface area contributed by atoms with E-state index in [0.29, 0.717) is 30.8 Å². The molecule has 2 aromatic carbocycles. The maximum Gasteiger partial charge on any atom is 0.242 e. The van der Waals surface area contributed by atoms with Crippen molar-refractivity contribution in [2.75, 3.05) is 68.7 Å². The molecule has 4 rings (SSSR count). The van der Waals surface area contributed by atoms with Gasteiger partial charge in [-0.15, -0.1) is 0 Å². The fourth-order valence-corrected chi connectivity index (χ4v) is 5.00. The molecule has 0 bridgehead atoms. The lowest BCUT2D eigenvalue weighted by Gasteiger charge is -2.37. The summed E-state index contributed by atoms with van der Waals surface area (Å²) in [6.07, 6.45) is 2.07. The van der Waals surface area contributed by atoms with E-state index in [0.717, 1.165) is 60.8 Å². The van der Waals surface area contributed by atoms with Crippen molar-refractivity contribution in [1.82, 2.24) is 9.80 Å². The van der Waals surface area contributed by atoms with Gasteiger partial charge in [0.15, 0.2) is 0 Å². The van der Waals surface area contributed by atoms with Crippen molar-refractivity contribution in [3.63, 3.8) is 0 Å². The van der Waals surface area contributed by atoms with Crippen LogP contribution in [0.15, 0.2) is 84.5 Å². The molecule has 2 saturated heterocycles. The zero-order valence-corrected chi connectivity index (χ0v) is 22.1. The van der Waals surface area contributed by atoms with Gasteiger partial charge in [0.25, 0.3) is 0 Å². The third kappa shape index (κ3) is 6.32. The minimum Gasteiger partial charge on any atom is -0.368 e. The summed E-state index contributed by atoms with van der Waals surface area (Å²) in [6.45, 7) is 16.7. The molecular weight excluding hydrogens is 472 g/mol. The van der Waals surface area contributed by atoms with Crippen molar-refractivity contribution in [2.24, 2.45) is 0 Å². The van der Waals surface area contributed by atoms with Gasteiger partial charge >= 0.3 is 0 Å². The van der Waals surface area contributed by atoms with Gasteiger partial charge in [-0.1, -0.05) is 49.1 Å². The van der Waals surface area contributed by atoms with Crippen LogP contribution in [0.1, 0.15) is 18.1 Å². The van der Waals surface area contributed by atoms with Crippen molar-refractivity contribution >= 4 is 17.3 Å². The molecule has 0 saturated carbocycles. The number of benzene rings is 2. The van der Waals surface area contributed by atoms with Gasteiger partial charge in [0.05, 0.1) is 29.0 Å². The molecule has 0 radical (unpaired) electrons. The molecule has 2 heterocycles. The number of nitrogens with zero attached hydrogens (tertiary/aromatic N) is 6. The number of amides is 1. The zero-order valence-electron chi connectivity index (χ0n) is 22.1. The summed E-state index contributed by atoms with van der Waals surface area (Å²) in [6, 6.07) is 19.7. The predicted octanol–water partition coefficient (Wildman–Crippen LogP) is 3.96. The molecule has 1 amide bonds. The van der Waals surface area contributed by atoms with Crippen molar-refractivity contribution in [3.05, 3.63) is 95.6 Å². The molecule has 2 aliphatic rings. The summed E-state index contributed by atoms with van der Waals surface area (Å²) in [5, 5.41) is 18.8. The van der Waals surface area contributed by atoms with Gasteiger partial charge in [0.1, 0.15) is 12.1 Å². The number of hydrogen-bond donors (Lipinski definition) is 0. The van der Waals surface area contributed by atoms with E-state index in [4.69, 9.17) is 0 Å². The first-order valence-corrected chi connectivity index (χ1v) is 12.9. The molecule has 2 aromatic rings. The highest BCUT2D eigenvalue weighted by atomic mass is 16.2. The van der Waals surface area contributed by atoms with Crippen molar-refractivity contribution in [3.8, 4) is 12.1 Å². The lowest BCUT2D eigenvalue weighted by molar-refractivity contribution is -0.130. The number of carbonyl (C=O) groups is 1. The smallest absolute Gasteiger partial charge is 0.242 e. The topological polar surface area (TPSA) is 77.6 Å². The fourth-order valence-electron chi connectivity index (χ4n) is 5.00. The van der Waals surface area contributed by atoms with Crippen LogP contribution in [0, 0.1) is 22.7 Å². The van der Waals surface area contributed by atoms with Crippen LogP contribution < -0.4 is 9.80 Å². The Bertz CT molecular complexity index is 1320. The van der Waals surface area contributed by atoms with E-state index < -0.39 is 0 Å². The molecule has 7 heteroatoms. The third-order valence-electron chi connectivity index (χ3n) is 7.14. The van der Waals surface area contributed by atoms with Gasteiger partial charge in [0.2, 0.25) is 5.91 Å². The molecule has 0 aromatic heterocycles. The quantitative estimate of drug-likeness (QED) is 0.505. The number of piperazine rings is 2. The minimum absolute atomic E-state index is 0.0375. The van der Waals surface area contributed by atoms with Gasteiger partial charge in [-0.2, -0.15) is 10.5 Å². The third-order valence-corrected chi connectivity index (χ3v) is 7.14. The highest BCUT2D eigenvalue weighted by Gasteiger charge is 2.26. The van der Waals surface area contributed by atoms with E-state index in [-0.39, 0.29) is 12.5 Å². The highest BCUT2D eigenvalue weighted by Crippen LogP contribution is 2.24. The van der Waals surface area contributed by atoms with Crippen LogP contribution in [-0.2, 0) is 4.79 Å². The average molecular weight is 507 g/mol. The van der Waals surface area contributed by atoms with Crippen LogP contribution in [0.5, 0.6) is 0 Å². The van der Waals surface area contributed by atoms with E-state index in [9.17, 15) is 15.3 Å². The number of nitriles is 2. The monoisotopic (exact) mass is 506 g/mol. The first-order valence-electron chi connectivity index (χ1n) is 12.9. The molecule has 0 N–H and O–H groups in total. The lowest BCUT2D eigenvalue weighted by atomic mass is 10.0. The molecule has 38 heavy (non-hydrogen) atoms. The summed E-state index contributed by atoms with van der Waals surface area (Å²) < 4.78 is 0. The molecular formula is C31H34N6O. The molecule has 0 aliphatic carbocycles. The Morgan fingerprint density at radius 3 is 1.95 bits per heavy atom. The number of hydrogen-bond acceptors (Lipinski definition) is 6. The van der Waals surface area contributed by atoms with Crippen molar-refractivity contribution in [1.29, 1.82) is 10.5 Å². The highest BCUT2D eigenvalue weighted by molar-refractivity contribution is 5.84.